The van der Waals surface area contributed by atoms with Gasteiger partial charge >= 0.3 is 0 Å². The molecule has 2 rings (SSSR count). The minimum atomic E-state index is 0.797. The Balaban J connectivity index is 1.88. The maximum absolute atomic E-state index is 3.32. The average molecular weight is 226 g/mol. The number of hydrogen-bond acceptors (Lipinski definition) is 3. The minimum Gasteiger partial charge on any atom is -0.309 e. The molecule has 0 saturated carbocycles. The number of rotatable bonds is 2. The second kappa shape index (κ2) is 4.89. The first-order valence-electron chi connectivity index (χ1n) is 5.91. The second-order valence-corrected chi connectivity index (χ2v) is 6.82. The molecule has 0 spiro atoms. The van der Waals surface area contributed by atoms with Crippen LogP contribution in [0.15, 0.2) is 11.1 Å². The van der Waals surface area contributed by atoms with Gasteiger partial charge in [-0.2, -0.15) is 11.8 Å². The molecule has 3 heteroatoms. The molecule has 0 aromatic heterocycles. The van der Waals surface area contributed by atoms with Gasteiger partial charge in [-0.15, -0.1) is 0 Å². The number of hydrogen-bond donors (Lipinski definition) is 1. The minimum absolute atomic E-state index is 0.797. The van der Waals surface area contributed by atoms with E-state index in [0.717, 1.165) is 23.6 Å². The summed E-state index contributed by atoms with van der Waals surface area (Å²) < 4.78 is 0. The zero-order valence-electron chi connectivity index (χ0n) is 10.0. The molecule has 15 heavy (non-hydrogen) atoms. The largest absolute Gasteiger partial charge is 0.309 e. The van der Waals surface area contributed by atoms with Crippen LogP contribution in [0.1, 0.15) is 20.8 Å². The Bertz CT molecular complexity index is 246. The van der Waals surface area contributed by atoms with Gasteiger partial charge in [-0.1, -0.05) is 19.4 Å². The monoisotopic (exact) mass is 226 g/mol. The van der Waals surface area contributed by atoms with Gasteiger partial charge in [0.25, 0.3) is 0 Å². The molecule has 2 nitrogen and oxygen atoms in total. The highest BCUT2D eigenvalue weighted by Gasteiger charge is 2.23. The van der Waals surface area contributed by atoms with Gasteiger partial charge in [0.05, 0.1) is 0 Å². The molecule has 2 aliphatic rings. The van der Waals surface area contributed by atoms with Gasteiger partial charge in [-0.3, -0.25) is 4.90 Å². The molecule has 2 unspecified atom stereocenters. The van der Waals surface area contributed by atoms with E-state index in [4.69, 9.17) is 0 Å². The fourth-order valence-corrected chi connectivity index (χ4v) is 3.80. The molecule has 0 aliphatic carbocycles. The van der Waals surface area contributed by atoms with Gasteiger partial charge in [0, 0.05) is 43.2 Å². The molecular weight excluding hydrogens is 204 g/mol. The molecule has 86 valence electrons. The van der Waals surface area contributed by atoms with Crippen LogP contribution in [0.3, 0.4) is 0 Å². The zero-order valence-corrected chi connectivity index (χ0v) is 10.9. The van der Waals surface area contributed by atoms with Crippen molar-refractivity contribution in [3.63, 3.8) is 0 Å². The Morgan fingerprint density at radius 2 is 1.93 bits per heavy atom. The van der Waals surface area contributed by atoms with E-state index in [-0.39, 0.29) is 0 Å². The van der Waals surface area contributed by atoms with Crippen LogP contribution in [-0.4, -0.2) is 48.1 Å². The quantitative estimate of drug-likeness (QED) is 0.722. The van der Waals surface area contributed by atoms with Crippen molar-refractivity contribution >= 4 is 11.8 Å². The lowest BCUT2D eigenvalue weighted by molar-refractivity contribution is 0.291. The second-order valence-electron chi connectivity index (χ2n) is 4.94. The van der Waals surface area contributed by atoms with Crippen LogP contribution in [0, 0.1) is 0 Å². The summed E-state index contributed by atoms with van der Waals surface area (Å²) in [4.78, 5) is 2.62. The van der Waals surface area contributed by atoms with Crippen molar-refractivity contribution in [3.8, 4) is 0 Å². The SMILES string of the molecule is CC(CN1CC(C)SC(C)C1)=C1CNC1. The van der Waals surface area contributed by atoms with Crippen LogP contribution in [-0.2, 0) is 0 Å². The topological polar surface area (TPSA) is 15.3 Å². The van der Waals surface area contributed by atoms with E-state index in [9.17, 15) is 0 Å². The van der Waals surface area contributed by atoms with Crippen molar-refractivity contribution in [1.29, 1.82) is 0 Å². The first kappa shape index (κ1) is 11.5. The van der Waals surface area contributed by atoms with Gasteiger partial charge in [-0.05, 0) is 12.5 Å². The summed E-state index contributed by atoms with van der Waals surface area (Å²) in [5, 5.41) is 4.91. The predicted octanol–water partition coefficient (Wildman–Crippen LogP) is 1.73. The molecule has 0 aromatic carbocycles. The summed E-state index contributed by atoms with van der Waals surface area (Å²) >= 11 is 2.13. The lowest BCUT2D eigenvalue weighted by Crippen LogP contribution is -2.42. The van der Waals surface area contributed by atoms with Crippen molar-refractivity contribution in [2.24, 2.45) is 0 Å². The summed E-state index contributed by atoms with van der Waals surface area (Å²) in [6.45, 7) is 12.9. The van der Waals surface area contributed by atoms with Gasteiger partial charge in [-0.25, -0.2) is 0 Å². The highest BCUT2D eigenvalue weighted by Crippen LogP contribution is 2.25. The first-order valence-corrected chi connectivity index (χ1v) is 6.85. The fourth-order valence-electron chi connectivity index (χ4n) is 2.41. The summed E-state index contributed by atoms with van der Waals surface area (Å²) in [7, 11) is 0. The van der Waals surface area contributed by atoms with Crippen molar-refractivity contribution in [2.75, 3.05) is 32.7 Å². The standard InChI is InChI=1S/C12H22N2S/c1-9(12-4-13-5-12)6-14-7-10(2)15-11(3)8-14/h10-11,13H,4-8H2,1-3H3. The number of nitrogens with one attached hydrogen (secondary N) is 1. The molecule has 2 saturated heterocycles. The summed E-state index contributed by atoms with van der Waals surface area (Å²) in [6.07, 6.45) is 0. The third-order valence-corrected chi connectivity index (χ3v) is 4.46. The smallest absolute Gasteiger partial charge is 0.0194 e. The van der Waals surface area contributed by atoms with Crippen molar-refractivity contribution in [2.45, 2.75) is 31.3 Å². The first-order chi connectivity index (χ1) is 7.15. The van der Waals surface area contributed by atoms with Crippen LogP contribution in [0.4, 0.5) is 0 Å². The Morgan fingerprint density at radius 1 is 1.33 bits per heavy atom. The Hall–Kier alpha value is 0.01000. The van der Waals surface area contributed by atoms with Crippen LogP contribution >= 0.6 is 11.8 Å². The number of thioether (sulfide) groups is 1. The van der Waals surface area contributed by atoms with Gasteiger partial charge in [0.1, 0.15) is 0 Å². The Kier molecular flexibility index (Phi) is 3.75. The molecule has 2 aliphatic heterocycles. The van der Waals surface area contributed by atoms with Crippen molar-refractivity contribution in [3.05, 3.63) is 11.1 Å². The van der Waals surface area contributed by atoms with Crippen molar-refractivity contribution in [1.82, 2.24) is 10.2 Å². The fraction of sp³-hybridized carbons (Fsp3) is 0.833. The van der Waals surface area contributed by atoms with Gasteiger partial charge in [0.15, 0.2) is 0 Å². The lowest BCUT2D eigenvalue weighted by Gasteiger charge is -2.35. The van der Waals surface area contributed by atoms with E-state index in [0.29, 0.717) is 0 Å². The molecule has 1 N–H and O–H groups in total. The predicted molar refractivity (Wildman–Crippen MR) is 68.5 cm³/mol. The summed E-state index contributed by atoms with van der Waals surface area (Å²) in [6, 6.07) is 0. The highest BCUT2D eigenvalue weighted by atomic mass is 32.2. The average Bonchev–Trinajstić information content (AvgIpc) is 1.96. The van der Waals surface area contributed by atoms with Crippen molar-refractivity contribution < 1.29 is 0 Å². The zero-order chi connectivity index (χ0) is 10.8. The number of nitrogens with zero attached hydrogens (tertiary/aromatic N) is 1. The molecule has 0 bridgehead atoms. The lowest BCUT2D eigenvalue weighted by atomic mass is 10.0. The summed E-state index contributed by atoms with van der Waals surface area (Å²) in [5.74, 6) is 0. The van der Waals surface area contributed by atoms with Crippen LogP contribution < -0.4 is 5.32 Å². The molecule has 0 radical (unpaired) electrons. The molecule has 0 amide bonds. The molecule has 2 atom stereocenters. The Morgan fingerprint density at radius 3 is 2.40 bits per heavy atom. The van der Waals surface area contributed by atoms with Crippen LogP contribution in [0.2, 0.25) is 0 Å². The van der Waals surface area contributed by atoms with E-state index >= 15 is 0 Å². The highest BCUT2D eigenvalue weighted by molar-refractivity contribution is 8.00. The third kappa shape index (κ3) is 2.99. The normalized spacial score (nSPS) is 32.6. The maximum atomic E-state index is 3.32. The van der Waals surface area contributed by atoms with Gasteiger partial charge in [0.2, 0.25) is 0 Å². The van der Waals surface area contributed by atoms with E-state index in [1.165, 1.54) is 19.6 Å². The third-order valence-electron chi connectivity index (χ3n) is 3.24. The van der Waals surface area contributed by atoms with Crippen LogP contribution in [0.5, 0.6) is 0 Å². The van der Waals surface area contributed by atoms with Crippen LogP contribution in [0.25, 0.3) is 0 Å². The Labute approximate surface area is 97.5 Å². The van der Waals surface area contributed by atoms with E-state index in [2.05, 4.69) is 42.7 Å². The molecule has 2 heterocycles. The van der Waals surface area contributed by atoms with E-state index < -0.39 is 0 Å². The molecular formula is C12H22N2S. The van der Waals surface area contributed by atoms with Gasteiger partial charge < -0.3 is 5.32 Å². The molecule has 2 fully saturated rings. The van der Waals surface area contributed by atoms with E-state index in [1.54, 1.807) is 11.1 Å². The molecule has 0 aromatic rings. The van der Waals surface area contributed by atoms with E-state index in [1.807, 2.05) is 0 Å². The maximum Gasteiger partial charge on any atom is 0.0194 e. The summed E-state index contributed by atoms with van der Waals surface area (Å²) in [5.41, 5.74) is 3.23.